The Kier molecular flexibility index (Phi) is 6.74. The smallest absolute Gasteiger partial charge is 0.336 e. The van der Waals surface area contributed by atoms with Gasteiger partial charge in [-0.1, -0.05) is 17.7 Å². The van der Waals surface area contributed by atoms with Crippen molar-refractivity contribution in [3.8, 4) is 11.5 Å². The number of hydrogen-bond donors (Lipinski definition) is 0. The van der Waals surface area contributed by atoms with E-state index in [2.05, 4.69) is 0 Å². The van der Waals surface area contributed by atoms with Crippen molar-refractivity contribution >= 4 is 11.9 Å². The molecule has 112 valence electrons. The van der Waals surface area contributed by atoms with Gasteiger partial charge in [-0.05, 0) is 32.1 Å². The molecule has 0 unspecified atom stereocenters. The van der Waals surface area contributed by atoms with Crippen molar-refractivity contribution in [2.75, 3.05) is 13.7 Å². The number of benzene rings is 1. The largest absolute Gasteiger partial charge is 0.493 e. The first-order valence-electron chi connectivity index (χ1n) is 6.36. The van der Waals surface area contributed by atoms with Crippen molar-refractivity contribution in [3.05, 3.63) is 48.1 Å². The molecule has 5 heteroatoms. The van der Waals surface area contributed by atoms with Crippen LogP contribution in [0.4, 0.5) is 0 Å². The molecule has 0 bridgehead atoms. The fourth-order valence-electron chi connectivity index (χ4n) is 1.32. The fourth-order valence-corrected chi connectivity index (χ4v) is 1.32. The lowest BCUT2D eigenvalue weighted by Gasteiger charge is -2.06. The Bertz CT molecular complexity index is 554. The lowest BCUT2D eigenvalue weighted by Crippen LogP contribution is -2.07. The Hall–Kier alpha value is -2.56. The third-order valence-corrected chi connectivity index (χ3v) is 2.35. The van der Waals surface area contributed by atoms with E-state index < -0.39 is 11.9 Å². The molecule has 1 aromatic carbocycles. The van der Waals surface area contributed by atoms with Gasteiger partial charge < -0.3 is 14.2 Å². The second kappa shape index (κ2) is 8.58. The average Bonchev–Trinajstić information content (AvgIpc) is 2.45. The van der Waals surface area contributed by atoms with E-state index in [1.165, 1.54) is 7.11 Å². The molecule has 0 atom stereocenters. The summed E-state index contributed by atoms with van der Waals surface area (Å²) in [5, 5.41) is 0. The molecule has 0 saturated heterocycles. The molecule has 0 saturated carbocycles. The van der Waals surface area contributed by atoms with Crippen LogP contribution in [0.5, 0.6) is 11.5 Å². The molecular formula is C16H18O5. The van der Waals surface area contributed by atoms with Crippen molar-refractivity contribution in [1.82, 2.24) is 0 Å². The Morgan fingerprint density at radius 3 is 2.29 bits per heavy atom. The fraction of sp³-hybridized carbons (Fsp3) is 0.250. The highest BCUT2D eigenvalue weighted by Crippen LogP contribution is 2.25. The number of methoxy groups -OCH3 is 1. The van der Waals surface area contributed by atoms with Crippen LogP contribution in [0.1, 0.15) is 13.8 Å². The van der Waals surface area contributed by atoms with Crippen LogP contribution in [0.15, 0.2) is 48.1 Å². The number of ether oxygens (including phenoxy) is 3. The lowest BCUT2D eigenvalue weighted by atomic mass is 10.3. The second-order valence-corrected chi connectivity index (χ2v) is 4.32. The maximum atomic E-state index is 11.6. The minimum Gasteiger partial charge on any atom is -0.493 e. The molecule has 1 rings (SSSR count). The highest BCUT2D eigenvalue weighted by atomic mass is 16.6. The van der Waals surface area contributed by atoms with Gasteiger partial charge in [0.2, 0.25) is 0 Å². The number of para-hydroxylation sites is 2. The molecule has 0 N–H and O–H groups in total. The van der Waals surface area contributed by atoms with E-state index in [0.29, 0.717) is 5.75 Å². The van der Waals surface area contributed by atoms with Gasteiger partial charge in [0.05, 0.1) is 7.11 Å². The van der Waals surface area contributed by atoms with Crippen molar-refractivity contribution in [3.63, 3.8) is 0 Å². The number of hydrogen-bond acceptors (Lipinski definition) is 5. The zero-order valence-electron chi connectivity index (χ0n) is 12.3. The van der Waals surface area contributed by atoms with Crippen LogP contribution in [-0.2, 0) is 14.3 Å². The van der Waals surface area contributed by atoms with E-state index in [1.807, 2.05) is 13.8 Å². The van der Waals surface area contributed by atoms with E-state index in [-0.39, 0.29) is 12.4 Å². The highest BCUT2D eigenvalue weighted by Gasteiger charge is 2.07. The van der Waals surface area contributed by atoms with Crippen molar-refractivity contribution < 1.29 is 23.8 Å². The minimum atomic E-state index is -0.682. The Balaban J connectivity index is 2.51. The van der Waals surface area contributed by atoms with Crippen LogP contribution in [0.3, 0.4) is 0 Å². The van der Waals surface area contributed by atoms with Gasteiger partial charge in [-0.2, -0.15) is 0 Å². The summed E-state index contributed by atoms with van der Waals surface area (Å²) in [5.41, 5.74) is 1.04. The first kappa shape index (κ1) is 16.5. The quantitative estimate of drug-likeness (QED) is 0.349. The minimum absolute atomic E-state index is 0.174. The van der Waals surface area contributed by atoms with E-state index in [4.69, 9.17) is 14.2 Å². The summed E-state index contributed by atoms with van der Waals surface area (Å²) >= 11 is 0. The Morgan fingerprint density at radius 1 is 1.05 bits per heavy atom. The van der Waals surface area contributed by atoms with Crippen LogP contribution >= 0.6 is 0 Å². The van der Waals surface area contributed by atoms with Crippen LogP contribution in [-0.4, -0.2) is 25.7 Å². The van der Waals surface area contributed by atoms with E-state index in [9.17, 15) is 9.59 Å². The number of rotatable bonds is 6. The van der Waals surface area contributed by atoms with Gasteiger partial charge in [0.1, 0.15) is 6.61 Å². The predicted octanol–water partition coefficient (Wildman–Crippen LogP) is 2.67. The van der Waals surface area contributed by atoms with Crippen LogP contribution in [0.2, 0.25) is 0 Å². The maximum absolute atomic E-state index is 11.6. The van der Waals surface area contributed by atoms with Gasteiger partial charge in [0.25, 0.3) is 0 Å². The van der Waals surface area contributed by atoms with Gasteiger partial charge in [-0.3, -0.25) is 0 Å². The molecule has 0 aromatic heterocycles. The molecule has 0 spiro atoms. The van der Waals surface area contributed by atoms with Gasteiger partial charge in [0, 0.05) is 12.2 Å². The standard InChI is InChI=1S/C16H18O5/c1-12(2)10-11-20-15(17)8-9-16(18)21-14-7-5-4-6-13(14)19-3/h4-10H,11H2,1-3H3/b9-8+. The number of esters is 2. The zero-order chi connectivity index (χ0) is 15.7. The summed E-state index contributed by atoms with van der Waals surface area (Å²) in [6.07, 6.45) is 3.80. The van der Waals surface area contributed by atoms with Gasteiger partial charge >= 0.3 is 11.9 Å². The number of carbonyl (C=O) groups is 2. The number of carbonyl (C=O) groups excluding carboxylic acids is 2. The lowest BCUT2D eigenvalue weighted by molar-refractivity contribution is -0.137. The Labute approximate surface area is 123 Å². The molecule has 0 heterocycles. The van der Waals surface area contributed by atoms with Crippen molar-refractivity contribution in [2.45, 2.75) is 13.8 Å². The molecule has 0 aliphatic carbocycles. The molecule has 5 nitrogen and oxygen atoms in total. The first-order chi connectivity index (χ1) is 10.0. The molecule has 0 aliphatic heterocycles. The summed E-state index contributed by atoms with van der Waals surface area (Å²) in [5.74, 6) is -0.568. The van der Waals surface area contributed by atoms with Crippen LogP contribution in [0, 0.1) is 0 Å². The van der Waals surface area contributed by atoms with Crippen LogP contribution < -0.4 is 9.47 Å². The summed E-state index contributed by atoms with van der Waals surface area (Å²) in [7, 11) is 1.48. The normalized spacial score (nSPS) is 10.0. The molecule has 21 heavy (non-hydrogen) atoms. The van der Waals surface area contributed by atoms with Crippen LogP contribution in [0.25, 0.3) is 0 Å². The van der Waals surface area contributed by atoms with E-state index >= 15 is 0 Å². The third-order valence-electron chi connectivity index (χ3n) is 2.35. The van der Waals surface area contributed by atoms with E-state index in [1.54, 1.807) is 30.3 Å². The predicted molar refractivity (Wildman–Crippen MR) is 78.2 cm³/mol. The summed E-state index contributed by atoms with van der Waals surface area (Å²) in [6, 6.07) is 6.73. The maximum Gasteiger partial charge on any atom is 0.336 e. The molecule has 0 radical (unpaired) electrons. The SMILES string of the molecule is COc1ccccc1OC(=O)/C=C/C(=O)OCC=C(C)C. The molecule has 0 aliphatic rings. The molecular weight excluding hydrogens is 272 g/mol. The topological polar surface area (TPSA) is 61.8 Å². The summed E-state index contributed by atoms with van der Waals surface area (Å²) in [4.78, 5) is 22.9. The average molecular weight is 290 g/mol. The second-order valence-electron chi connectivity index (χ2n) is 4.32. The molecule has 0 amide bonds. The number of allylic oxidation sites excluding steroid dienone is 1. The van der Waals surface area contributed by atoms with E-state index in [0.717, 1.165) is 17.7 Å². The zero-order valence-corrected chi connectivity index (χ0v) is 12.3. The summed E-state index contributed by atoms with van der Waals surface area (Å²) < 4.78 is 15.0. The Morgan fingerprint density at radius 2 is 1.67 bits per heavy atom. The third kappa shape index (κ3) is 6.42. The summed E-state index contributed by atoms with van der Waals surface area (Å²) in [6.45, 7) is 3.97. The van der Waals surface area contributed by atoms with Gasteiger partial charge in [0.15, 0.2) is 11.5 Å². The van der Waals surface area contributed by atoms with Crippen molar-refractivity contribution in [1.29, 1.82) is 0 Å². The molecule has 1 aromatic rings. The van der Waals surface area contributed by atoms with Gasteiger partial charge in [-0.25, -0.2) is 9.59 Å². The highest BCUT2D eigenvalue weighted by molar-refractivity contribution is 5.92. The van der Waals surface area contributed by atoms with Gasteiger partial charge in [-0.15, -0.1) is 0 Å². The molecule has 0 fully saturated rings. The van der Waals surface area contributed by atoms with Crippen molar-refractivity contribution in [2.24, 2.45) is 0 Å². The first-order valence-corrected chi connectivity index (χ1v) is 6.36. The monoisotopic (exact) mass is 290 g/mol.